The number of carbonyl (C=O) groups excluding carboxylic acids is 2. The maximum Gasteiger partial charge on any atom is 0.421 e. The zero-order valence-corrected chi connectivity index (χ0v) is 42.9. The van der Waals surface area contributed by atoms with Gasteiger partial charge in [-0.05, 0) is 123 Å². The number of aryl methyl sites for hydroxylation is 4. The van der Waals surface area contributed by atoms with Crippen molar-refractivity contribution in [1.82, 2.24) is 67.7 Å². The van der Waals surface area contributed by atoms with Crippen LogP contribution in [0, 0.1) is 13.8 Å². The molecule has 2 aliphatic heterocycles. The second kappa shape index (κ2) is 19.5. The van der Waals surface area contributed by atoms with Crippen LogP contribution in [0.25, 0.3) is 33.5 Å². The molecule has 0 aromatic carbocycles. The molecule has 368 valence electrons. The van der Waals surface area contributed by atoms with Crippen molar-refractivity contribution in [3.63, 3.8) is 0 Å². The predicted molar refractivity (Wildman–Crippen MR) is 270 cm³/mol. The minimum Gasteiger partial charge on any atom is -0.444 e. The maximum atomic E-state index is 13.8. The van der Waals surface area contributed by atoms with E-state index in [1.807, 2.05) is 117 Å². The molecule has 2 N–H and O–H groups in total. The molecule has 2 amide bonds. The number of nitrogens with one attached hydrogen (secondary N) is 2. The molecule has 0 radical (unpaired) electrons. The monoisotopic (exact) mass is 988 g/mol. The number of nitrogens with zero attached hydrogens (tertiary/aromatic N) is 14. The van der Waals surface area contributed by atoms with Gasteiger partial charge >= 0.3 is 12.2 Å². The average Bonchev–Trinajstić information content (AvgIpc) is 4.18. The molecule has 2 atom stereocenters. The van der Waals surface area contributed by atoms with E-state index >= 15 is 0 Å². The number of piperidine rings is 2. The molecule has 8 aromatic rings. The number of aromatic nitrogens is 12. The normalized spacial score (nSPS) is 16.6. The van der Waals surface area contributed by atoms with Crippen LogP contribution < -0.4 is 15.5 Å². The van der Waals surface area contributed by atoms with Crippen molar-refractivity contribution >= 4 is 68.2 Å². The Hall–Kier alpha value is -6.78. The zero-order chi connectivity index (χ0) is 49.5. The SMILES string of the molecule is Cc1cc(N(C(=O)OC(C)(C)C)c2cc(C3CCCN(C(=O)OC(C)(C)C)C3)nc3c(-c4cnn(C)c4)cnn23)sn1.Cc1cc(Nc2cc(C3CCCNC3)nc3c(-c4cnn(C)c4)cnn23)sn1. The molecule has 22 heteroatoms. The van der Waals surface area contributed by atoms with Crippen molar-refractivity contribution in [3.8, 4) is 22.3 Å². The number of fused-ring (bicyclic) bond motifs is 2. The number of amides is 2. The number of likely N-dealkylation sites (tertiary alicyclic amines) is 1. The minimum atomic E-state index is -0.730. The zero-order valence-electron chi connectivity index (χ0n) is 41.3. The predicted octanol–water partition coefficient (Wildman–Crippen LogP) is 9.19. The fourth-order valence-corrected chi connectivity index (χ4v) is 10.00. The smallest absolute Gasteiger partial charge is 0.421 e. The van der Waals surface area contributed by atoms with Crippen molar-refractivity contribution in [2.75, 3.05) is 36.4 Å². The van der Waals surface area contributed by atoms with Gasteiger partial charge in [0.05, 0.1) is 47.6 Å². The molecule has 70 heavy (non-hydrogen) atoms. The Labute approximate surface area is 414 Å². The summed E-state index contributed by atoms with van der Waals surface area (Å²) >= 11 is 2.66. The van der Waals surface area contributed by atoms with Gasteiger partial charge in [-0.2, -0.15) is 38.2 Å². The van der Waals surface area contributed by atoms with Gasteiger partial charge in [-0.1, -0.05) is 0 Å². The molecule has 2 fully saturated rings. The second-order valence-electron chi connectivity index (χ2n) is 19.9. The van der Waals surface area contributed by atoms with Crippen LogP contribution in [0.3, 0.4) is 0 Å². The van der Waals surface area contributed by atoms with Crippen LogP contribution in [-0.2, 0) is 23.6 Å². The molecular formula is C48H60N16O4S2. The highest BCUT2D eigenvalue weighted by Crippen LogP contribution is 2.38. The molecule has 2 saturated heterocycles. The third-order valence-corrected chi connectivity index (χ3v) is 13.4. The van der Waals surface area contributed by atoms with Crippen LogP contribution in [0.5, 0.6) is 0 Å². The first kappa shape index (κ1) is 48.3. The lowest BCUT2D eigenvalue weighted by Crippen LogP contribution is -2.42. The van der Waals surface area contributed by atoms with E-state index in [0.717, 1.165) is 93.8 Å². The van der Waals surface area contributed by atoms with Crippen molar-refractivity contribution in [3.05, 3.63) is 84.2 Å². The standard InChI is InChI=1S/C29H38N8O4S.C19H22N8S/c1-18-12-24(42-33-18)36(27(39)41-29(5,6)7)23-13-22(19-10-9-11-35(17-19)26(38)40-28(2,3)4)32-25-21(15-31-37(23)25)20-14-30-34(8)16-20;1-12-6-18(28-25-12)24-17-7-16(13-4-3-5-20-8-13)23-19-15(10-22-27(17)19)14-9-21-26(2)11-14/h12-16,19H,9-11,17H2,1-8H3;6-7,9-11,13,20,24H,3-5,8H2,1-2H3. The maximum absolute atomic E-state index is 13.8. The molecule has 8 aromatic heterocycles. The van der Waals surface area contributed by atoms with E-state index in [1.165, 1.54) is 34.4 Å². The van der Waals surface area contributed by atoms with Gasteiger partial charge < -0.3 is 25.0 Å². The van der Waals surface area contributed by atoms with E-state index < -0.39 is 17.3 Å². The fourth-order valence-electron chi connectivity index (χ4n) is 8.56. The van der Waals surface area contributed by atoms with Crippen LogP contribution in [-0.4, -0.2) is 112 Å². The Balaban J connectivity index is 0.000000188. The van der Waals surface area contributed by atoms with Gasteiger partial charge in [0.2, 0.25) is 0 Å². The van der Waals surface area contributed by atoms with Gasteiger partial charge in [0.15, 0.2) is 11.3 Å². The summed E-state index contributed by atoms with van der Waals surface area (Å²) in [4.78, 5) is 40.1. The molecule has 20 nitrogen and oxygen atoms in total. The number of carbonyl (C=O) groups is 2. The van der Waals surface area contributed by atoms with Crippen molar-refractivity contribution in [2.45, 2.75) is 104 Å². The average molecular weight is 989 g/mol. The van der Waals surface area contributed by atoms with E-state index in [-0.39, 0.29) is 12.0 Å². The Bertz CT molecular complexity index is 3140. The third-order valence-electron chi connectivity index (χ3n) is 11.7. The van der Waals surface area contributed by atoms with Gasteiger partial charge in [-0.15, -0.1) is 0 Å². The van der Waals surface area contributed by atoms with Gasteiger partial charge in [-0.3, -0.25) is 9.36 Å². The van der Waals surface area contributed by atoms with Crippen LogP contribution in [0.15, 0.2) is 61.4 Å². The quantitative estimate of drug-likeness (QED) is 0.146. The summed E-state index contributed by atoms with van der Waals surface area (Å²) in [6, 6.07) is 7.89. The summed E-state index contributed by atoms with van der Waals surface area (Å²) in [6.45, 7) is 18.0. The van der Waals surface area contributed by atoms with E-state index in [1.54, 1.807) is 31.2 Å². The topological polar surface area (TPSA) is 205 Å². The molecule has 2 unspecified atom stereocenters. The first-order valence-electron chi connectivity index (χ1n) is 23.5. The summed E-state index contributed by atoms with van der Waals surface area (Å²) in [6.07, 6.45) is 14.1. The molecule has 0 saturated carbocycles. The number of hydrogen-bond donors (Lipinski definition) is 2. The first-order chi connectivity index (χ1) is 33.4. The Morgan fingerprint density at radius 3 is 1.93 bits per heavy atom. The van der Waals surface area contributed by atoms with E-state index in [2.05, 4.69) is 45.8 Å². The van der Waals surface area contributed by atoms with Crippen LogP contribution in [0.4, 0.5) is 31.2 Å². The lowest BCUT2D eigenvalue weighted by molar-refractivity contribution is 0.0197. The van der Waals surface area contributed by atoms with Crippen molar-refractivity contribution in [2.24, 2.45) is 14.1 Å². The molecule has 10 rings (SSSR count). The summed E-state index contributed by atoms with van der Waals surface area (Å²) in [5, 5.41) is 26.5. The number of ether oxygens (including phenoxy) is 2. The fraction of sp³-hybridized carbons (Fsp3) is 0.458. The van der Waals surface area contributed by atoms with Gasteiger partial charge in [0.1, 0.15) is 32.8 Å². The Kier molecular flexibility index (Phi) is 13.5. The van der Waals surface area contributed by atoms with Gasteiger partial charge in [0.25, 0.3) is 0 Å². The summed E-state index contributed by atoms with van der Waals surface area (Å²) in [7, 11) is 3.77. The Morgan fingerprint density at radius 1 is 0.743 bits per heavy atom. The lowest BCUT2D eigenvalue weighted by Gasteiger charge is -2.34. The molecule has 10 heterocycles. The highest BCUT2D eigenvalue weighted by molar-refractivity contribution is 7.10. The van der Waals surface area contributed by atoms with Crippen LogP contribution >= 0.6 is 23.1 Å². The molecular weight excluding hydrogens is 929 g/mol. The Morgan fingerprint density at radius 2 is 1.36 bits per heavy atom. The molecule has 0 bridgehead atoms. The number of anilines is 4. The van der Waals surface area contributed by atoms with Gasteiger partial charge in [0, 0.05) is 92.3 Å². The van der Waals surface area contributed by atoms with Crippen LogP contribution in [0.2, 0.25) is 0 Å². The summed E-state index contributed by atoms with van der Waals surface area (Å²) < 4.78 is 27.4. The highest BCUT2D eigenvalue weighted by Gasteiger charge is 2.34. The second-order valence-corrected chi connectivity index (χ2v) is 21.5. The van der Waals surface area contributed by atoms with Crippen LogP contribution in [0.1, 0.15) is 102 Å². The minimum absolute atomic E-state index is 0.0876. The van der Waals surface area contributed by atoms with Gasteiger partial charge in [-0.25, -0.2) is 24.5 Å². The summed E-state index contributed by atoms with van der Waals surface area (Å²) in [5.41, 5.74) is 7.34. The lowest BCUT2D eigenvalue weighted by atomic mass is 9.94. The number of rotatable bonds is 8. The highest BCUT2D eigenvalue weighted by atomic mass is 32.1. The molecule has 2 aliphatic rings. The third kappa shape index (κ3) is 10.8. The molecule has 0 aliphatic carbocycles. The first-order valence-corrected chi connectivity index (χ1v) is 25.0. The van der Waals surface area contributed by atoms with E-state index in [4.69, 9.17) is 19.4 Å². The van der Waals surface area contributed by atoms with Crippen molar-refractivity contribution < 1.29 is 19.1 Å². The van der Waals surface area contributed by atoms with Crippen molar-refractivity contribution in [1.29, 1.82) is 0 Å². The van der Waals surface area contributed by atoms with E-state index in [0.29, 0.717) is 35.5 Å². The molecule has 0 spiro atoms. The van der Waals surface area contributed by atoms with E-state index in [9.17, 15) is 9.59 Å². The largest absolute Gasteiger partial charge is 0.444 e. The number of hydrogen-bond acceptors (Lipinski definition) is 16. The summed E-state index contributed by atoms with van der Waals surface area (Å²) in [5.74, 6) is 1.69.